The summed E-state index contributed by atoms with van der Waals surface area (Å²) in [6, 6.07) is 24.1. The van der Waals surface area contributed by atoms with Gasteiger partial charge in [0.25, 0.3) is 0 Å². The van der Waals surface area contributed by atoms with E-state index in [4.69, 9.17) is 0 Å². The van der Waals surface area contributed by atoms with Crippen molar-refractivity contribution < 1.29 is 4.79 Å². The number of rotatable bonds is 4. The summed E-state index contributed by atoms with van der Waals surface area (Å²) in [5.41, 5.74) is 2.01. The fourth-order valence-corrected chi connectivity index (χ4v) is 2.68. The molecule has 0 radical (unpaired) electrons. The van der Waals surface area contributed by atoms with Crippen molar-refractivity contribution in [3.05, 3.63) is 78.4 Å². The summed E-state index contributed by atoms with van der Waals surface area (Å²) in [4.78, 5) is 12.1. The number of nitrogens with one attached hydrogen (secondary N) is 2. The van der Waals surface area contributed by atoms with Gasteiger partial charge in [0.2, 0.25) is 0 Å². The van der Waals surface area contributed by atoms with E-state index in [-0.39, 0.29) is 12.1 Å². The minimum absolute atomic E-state index is 0.0675. The van der Waals surface area contributed by atoms with Gasteiger partial charge in [-0.3, -0.25) is 0 Å². The molecule has 1 atom stereocenters. The van der Waals surface area contributed by atoms with Crippen molar-refractivity contribution >= 4 is 22.5 Å². The summed E-state index contributed by atoms with van der Waals surface area (Å²) in [6.07, 6.45) is 0.811. The molecule has 0 aliphatic heterocycles. The first-order chi connectivity index (χ1) is 11.2. The molecule has 3 nitrogen and oxygen atoms in total. The van der Waals surface area contributed by atoms with Crippen LogP contribution in [0.1, 0.15) is 12.5 Å². The van der Waals surface area contributed by atoms with Crippen LogP contribution in [0.4, 0.5) is 10.5 Å². The summed E-state index contributed by atoms with van der Waals surface area (Å²) >= 11 is 0. The number of urea groups is 1. The number of carbonyl (C=O) groups excluding carboxylic acids is 1. The van der Waals surface area contributed by atoms with Crippen LogP contribution in [0.5, 0.6) is 0 Å². The highest BCUT2D eigenvalue weighted by atomic mass is 16.2. The molecule has 0 bridgehead atoms. The molecular weight excluding hydrogens is 284 g/mol. The third-order valence-electron chi connectivity index (χ3n) is 3.77. The molecule has 0 heterocycles. The second-order valence-corrected chi connectivity index (χ2v) is 5.75. The average molecular weight is 304 g/mol. The molecule has 3 rings (SSSR count). The van der Waals surface area contributed by atoms with E-state index in [2.05, 4.69) is 28.8 Å². The van der Waals surface area contributed by atoms with Gasteiger partial charge in [-0.2, -0.15) is 0 Å². The maximum atomic E-state index is 12.1. The lowest BCUT2D eigenvalue weighted by Gasteiger charge is -2.15. The molecule has 3 aromatic rings. The van der Waals surface area contributed by atoms with Crippen LogP contribution in [0.2, 0.25) is 0 Å². The molecule has 3 heteroatoms. The number of hydrogen-bond donors (Lipinski definition) is 2. The highest BCUT2D eigenvalue weighted by molar-refractivity contribution is 5.93. The topological polar surface area (TPSA) is 41.1 Å². The van der Waals surface area contributed by atoms with Gasteiger partial charge in [-0.25, -0.2) is 4.79 Å². The second-order valence-electron chi connectivity index (χ2n) is 5.75. The molecule has 116 valence electrons. The largest absolute Gasteiger partial charge is 0.335 e. The minimum Gasteiger partial charge on any atom is -0.335 e. The predicted molar refractivity (Wildman–Crippen MR) is 95.7 cm³/mol. The van der Waals surface area contributed by atoms with Crippen LogP contribution < -0.4 is 10.6 Å². The maximum absolute atomic E-state index is 12.1. The Labute approximate surface area is 136 Å². The zero-order chi connectivity index (χ0) is 16.1. The van der Waals surface area contributed by atoms with Gasteiger partial charge in [0.15, 0.2) is 0 Å². The Morgan fingerprint density at radius 1 is 0.913 bits per heavy atom. The molecule has 0 fully saturated rings. The molecule has 0 spiro atoms. The summed E-state index contributed by atoms with van der Waals surface area (Å²) in [7, 11) is 0. The zero-order valence-electron chi connectivity index (χ0n) is 13.1. The molecular formula is C20H20N2O. The zero-order valence-corrected chi connectivity index (χ0v) is 13.1. The fourth-order valence-electron chi connectivity index (χ4n) is 2.68. The third kappa shape index (κ3) is 4.10. The van der Waals surface area contributed by atoms with Crippen LogP contribution in [0, 0.1) is 0 Å². The summed E-state index contributed by atoms with van der Waals surface area (Å²) in [5.74, 6) is 0. The lowest BCUT2D eigenvalue weighted by Crippen LogP contribution is -2.37. The van der Waals surface area contributed by atoms with Crippen LogP contribution in [-0.4, -0.2) is 12.1 Å². The van der Waals surface area contributed by atoms with Crippen molar-refractivity contribution in [1.29, 1.82) is 0 Å². The van der Waals surface area contributed by atoms with Crippen LogP contribution in [-0.2, 0) is 6.42 Å². The molecule has 23 heavy (non-hydrogen) atoms. The molecule has 0 saturated heterocycles. The van der Waals surface area contributed by atoms with Crippen molar-refractivity contribution in [2.24, 2.45) is 0 Å². The molecule has 0 aliphatic rings. The smallest absolute Gasteiger partial charge is 0.319 e. The number of fused-ring (bicyclic) bond motifs is 1. The monoisotopic (exact) mass is 304 g/mol. The second kappa shape index (κ2) is 6.97. The lowest BCUT2D eigenvalue weighted by atomic mass is 10.1. The van der Waals surface area contributed by atoms with Crippen LogP contribution in [0.15, 0.2) is 72.8 Å². The van der Waals surface area contributed by atoms with E-state index in [1.807, 2.05) is 61.5 Å². The quantitative estimate of drug-likeness (QED) is 0.727. The van der Waals surface area contributed by atoms with E-state index in [9.17, 15) is 4.79 Å². The van der Waals surface area contributed by atoms with E-state index in [0.717, 1.165) is 22.9 Å². The number of amides is 2. The SMILES string of the molecule is CC(Cc1ccccc1)NC(=O)Nc1ccc2ccccc2c1. The standard InChI is InChI=1S/C20H20N2O/c1-15(13-16-7-3-2-4-8-16)21-20(23)22-19-12-11-17-9-5-6-10-18(17)14-19/h2-12,14-15H,13H2,1H3,(H2,21,22,23). The number of carbonyl (C=O) groups is 1. The molecule has 0 aromatic heterocycles. The molecule has 0 aliphatic carbocycles. The maximum Gasteiger partial charge on any atom is 0.319 e. The van der Waals surface area contributed by atoms with Crippen molar-refractivity contribution in [3.8, 4) is 0 Å². The Kier molecular flexibility index (Phi) is 4.57. The van der Waals surface area contributed by atoms with Gasteiger partial charge < -0.3 is 10.6 Å². The number of hydrogen-bond acceptors (Lipinski definition) is 1. The number of benzene rings is 3. The van der Waals surface area contributed by atoms with Crippen molar-refractivity contribution in [3.63, 3.8) is 0 Å². The van der Waals surface area contributed by atoms with E-state index in [1.54, 1.807) is 0 Å². The van der Waals surface area contributed by atoms with Gasteiger partial charge in [0.05, 0.1) is 0 Å². The predicted octanol–water partition coefficient (Wildman–Crippen LogP) is 4.59. The highest BCUT2D eigenvalue weighted by Crippen LogP contribution is 2.18. The van der Waals surface area contributed by atoms with Crippen LogP contribution in [0.3, 0.4) is 0 Å². The fraction of sp³-hybridized carbons (Fsp3) is 0.150. The summed E-state index contributed by atoms with van der Waals surface area (Å²) in [5, 5.41) is 8.15. The van der Waals surface area contributed by atoms with Gasteiger partial charge >= 0.3 is 6.03 Å². The van der Waals surface area contributed by atoms with Crippen LogP contribution >= 0.6 is 0 Å². The van der Waals surface area contributed by atoms with Gasteiger partial charge in [0.1, 0.15) is 0 Å². The van der Waals surface area contributed by atoms with Gasteiger partial charge in [0, 0.05) is 11.7 Å². The Balaban J connectivity index is 1.59. The lowest BCUT2D eigenvalue weighted by molar-refractivity contribution is 0.249. The van der Waals surface area contributed by atoms with E-state index in [0.29, 0.717) is 0 Å². The normalized spacial score (nSPS) is 11.9. The van der Waals surface area contributed by atoms with Crippen molar-refractivity contribution in [2.75, 3.05) is 5.32 Å². The first-order valence-electron chi connectivity index (χ1n) is 7.81. The van der Waals surface area contributed by atoms with E-state index >= 15 is 0 Å². The molecule has 2 N–H and O–H groups in total. The summed E-state index contributed by atoms with van der Waals surface area (Å²) in [6.45, 7) is 2.01. The molecule has 1 unspecified atom stereocenters. The molecule has 3 aromatic carbocycles. The first kappa shape index (κ1) is 15.1. The molecule has 2 amide bonds. The Bertz CT molecular complexity index is 799. The first-order valence-corrected chi connectivity index (χ1v) is 7.81. The van der Waals surface area contributed by atoms with Gasteiger partial charge in [-0.05, 0) is 41.8 Å². The molecule has 0 saturated carbocycles. The third-order valence-corrected chi connectivity index (χ3v) is 3.77. The van der Waals surface area contributed by atoms with Crippen molar-refractivity contribution in [2.45, 2.75) is 19.4 Å². The highest BCUT2D eigenvalue weighted by Gasteiger charge is 2.08. The van der Waals surface area contributed by atoms with E-state index in [1.165, 1.54) is 5.56 Å². The van der Waals surface area contributed by atoms with Crippen molar-refractivity contribution in [1.82, 2.24) is 5.32 Å². The summed E-state index contributed by atoms with van der Waals surface area (Å²) < 4.78 is 0. The number of anilines is 1. The van der Waals surface area contributed by atoms with Crippen LogP contribution in [0.25, 0.3) is 10.8 Å². The Hall–Kier alpha value is -2.81. The van der Waals surface area contributed by atoms with Gasteiger partial charge in [-0.1, -0.05) is 60.7 Å². The van der Waals surface area contributed by atoms with Gasteiger partial charge in [-0.15, -0.1) is 0 Å². The average Bonchev–Trinajstić information content (AvgIpc) is 2.55. The Morgan fingerprint density at radius 3 is 2.39 bits per heavy atom. The Morgan fingerprint density at radius 2 is 1.61 bits per heavy atom. The van der Waals surface area contributed by atoms with E-state index < -0.39 is 0 Å². The minimum atomic E-state index is -0.177.